The van der Waals surface area contributed by atoms with Gasteiger partial charge in [-0.2, -0.15) is 0 Å². The summed E-state index contributed by atoms with van der Waals surface area (Å²) in [4.78, 5) is 12.8. The van der Waals surface area contributed by atoms with Gasteiger partial charge in [-0.15, -0.1) is 0 Å². The van der Waals surface area contributed by atoms with E-state index >= 15 is 0 Å². The molecule has 0 spiro atoms. The summed E-state index contributed by atoms with van der Waals surface area (Å²) in [5.41, 5.74) is 1.46. The maximum Gasteiger partial charge on any atom is 0.266 e. The van der Waals surface area contributed by atoms with Gasteiger partial charge in [-0.25, -0.2) is 15.0 Å². The van der Waals surface area contributed by atoms with Crippen LogP contribution in [0.25, 0.3) is 22.8 Å². The van der Waals surface area contributed by atoms with Gasteiger partial charge in [0, 0.05) is 18.5 Å². The summed E-state index contributed by atoms with van der Waals surface area (Å²) < 4.78 is 12.3. The second-order valence-electron chi connectivity index (χ2n) is 5.13. The highest BCUT2D eigenvalue weighted by atomic mass is 79.9. The summed E-state index contributed by atoms with van der Waals surface area (Å²) in [7, 11) is 0. The number of nitrogens with zero attached hydrogens (tertiary/aromatic N) is 3. The predicted molar refractivity (Wildman–Crippen MR) is 81.0 cm³/mol. The average molecular weight is 346 g/mol. The zero-order valence-corrected chi connectivity index (χ0v) is 12.7. The van der Waals surface area contributed by atoms with E-state index in [0.29, 0.717) is 17.3 Å². The molecule has 5 nitrogen and oxygen atoms in total. The van der Waals surface area contributed by atoms with Gasteiger partial charge in [0.25, 0.3) is 5.89 Å². The van der Waals surface area contributed by atoms with Gasteiger partial charge in [-0.05, 0) is 46.8 Å². The first-order chi connectivity index (χ1) is 10.3. The summed E-state index contributed by atoms with van der Waals surface area (Å²) in [5, 5.41) is 0. The fourth-order valence-electron chi connectivity index (χ4n) is 2.01. The van der Waals surface area contributed by atoms with Crippen molar-refractivity contribution in [3.63, 3.8) is 0 Å². The third kappa shape index (κ3) is 2.76. The van der Waals surface area contributed by atoms with E-state index in [4.69, 9.17) is 9.15 Å². The molecule has 2 heterocycles. The van der Waals surface area contributed by atoms with Crippen LogP contribution in [0.2, 0.25) is 0 Å². The van der Waals surface area contributed by atoms with Crippen LogP contribution in [0.15, 0.2) is 39.5 Å². The number of ether oxygens (including phenoxy) is 1. The molecule has 0 aliphatic heterocycles. The number of halogens is 1. The fraction of sp³-hybridized carbons (Fsp3) is 0.267. The minimum Gasteiger partial charge on any atom is -0.493 e. The van der Waals surface area contributed by atoms with Crippen molar-refractivity contribution in [3.05, 3.63) is 35.1 Å². The van der Waals surface area contributed by atoms with E-state index in [0.717, 1.165) is 28.3 Å². The standard InChI is InChI=1S/C15H12BrN3O2/c16-10-6-17-14(18-7-10)15-19-12-4-3-11(5-13(12)21-15)20-8-9-1-2-9/h3-7,9H,1-2,8H2. The van der Waals surface area contributed by atoms with E-state index in [2.05, 4.69) is 30.9 Å². The van der Waals surface area contributed by atoms with Crippen molar-refractivity contribution in [1.29, 1.82) is 0 Å². The van der Waals surface area contributed by atoms with Crippen molar-refractivity contribution in [2.45, 2.75) is 12.8 Å². The third-order valence-corrected chi connectivity index (χ3v) is 3.76. The second kappa shape index (κ2) is 5.11. The minimum atomic E-state index is 0.414. The molecule has 1 aliphatic carbocycles. The number of hydrogen-bond donors (Lipinski definition) is 0. The molecule has 1 saturated carbocycles. The zero-order chi connectivity index (χ0) is 14.2. The molecule has 0 radical (unpaired) electrons. The van der Waals surface area contributed by atoms with Crippen molar-refractivity contribution in [2.24, 2.45) is 5.92 Å². The van der Waals surface area contributed by atoms with Crippen LogP contribution in [0.5, 0.6) is 5.75 Å². The van der Waals surface area contributed by atoms with E-state index in [-0.39, 0.29) is 0 Å². The van der Waals surface area contributed by atoms with Gasteiger partial charge in [0.2, 0.25) is 5.82 Å². The predicted octanol–water partition coefficient (Wildman–Crippen LogP) is 3.84. The van der Waals surface area contributed by atoms with Gasteiger partial charge in [0.05, 0.1) is 11.1 Å². The molecule has 0 atom stereocenters. The monoisotopic (exact) mass is 345 g/mol. The Balaban J connectivity index is 1.63. The third-order valence-electron chi connectivity index (χ3n) is 3.35. The number of rotatable bonds is 4. The Bertz CT molecular complexity index is 781. The lowest BCUT2D eigenvalue weighted by atomic mass is 10.3. The Morgan fingerprint density at radius 2 is 2.05 bits per heavy atom. The first kappa shape index (κ1) is 12.8. The normalized spacial score (nSPS) is 14.5. The maximum absolute atomic E-state index is 5.74. The van der Waals surface area contributed by atoms with Crippen molar-refractivity contribution in [1.82, 2.24) is 15.0 Å². The largest absolute Gasteiger partial charge is 0.493 e. The van der Waals surface area contributed by atoms with Crippen molar-refractivity contribution in [3.8, 4) is 17.5 Å². The topological polar surface area (TPSA) is 61.0 Å². The Morgan fingerprint density at radius 1 is 1.24 bits per heavy atom. The molecule has 0 N–H and O–H groups in total. The van der Waals surface area contributed by atoms with E-state index < -0.39 is 0 Å². The number of aromatic nitrogens is 3. The maximum atomic E-state index is 5.74. The lowest BCUT2D eigenvalue weighted by Crippen LogP contribution is -1.98. The quantitative estimate of drug-likeness (QED) is 0.718. The van der Waals surface area contributed by atoms with Gasteiger partial charge < -0.3 is 9.15 Å². The minimum absolute atomic E-state index is 0.414. The van der Waals surface area contributed by atoms with E-state index in [9.17, 15) is 0 Å². The Morgan fingerprint density at radius 3 is 2.81 bits per heavy atom. The number of benzene rings is 1. The molecule has 106 valence electrons. The molecular formula is C15H12BrN3O2. The molecule has 1 aliphatic rings. The molecule has 0 amide bonds. The van der Waals surface area contributed by atoms with Crippen molar-refractivity contribution in [2.75, 3.05) is 6.61 Å². The van der Waals surface area contributed by atoms with Crippen molar-refractivity contribution < 1.29 is 9.15 Å². The van der Waals surface area contributed by atoms with Gasteiger partial charge in [0.1, 0.15) is 11.3 Å². The molecule has 3 aromatic rings. The Kier molecular flexibility index (Phi) is 3.11. The van der Waals surface area contributed by atoms with Crippen LogP contribution in [-0.2, 0) is 0 Å². The number of fused-ring (bicyclic) bond motifs is 1. The molecule has 0 unspecified atom stereocenters. The molecule has 1 fully saturated rings. The molecule has 1 aromatic carbocycles. The summed E-state index contributed by atoms with van der Waals surface area (Å²) in [6.07, 6.45) is 5.88. The first-order valence-electron chi connectivity index (χ1n) is 6.79. The Hall–Kier alpha value is -1.95. The van der Waals surface area contributed by atoms with Crippen LogP contribution >= 0.6 is 15.9 Å². The fourth-order valence-corrected chi connectivity index (χ4v) is 2.22. The summed E-state index contributed by atoms with van der Waals surface area (Å²) in [5.74, 6) is 2.42. The lowest BCUT2D eigenvalue weighted by Gasteiger charge is -2.03. The highest BCUT2D eigenvalue weighted by molar-refractivity contribution is 9.10. The van der Waals surface area contributed by atoms with Crippen LogP contribution in [0.1, 0.15) is 12.8 Å². The van der Waals surface area contributed by atoms with Crippen LogP contribution < -0.4 is 4.74 Å². The average Bonchev–Trinajstić information content (AvgIpc) is 3.23. The summed E-state index contributed by atoms with van der Waals surface area (Å²) >= 11 is 3.30. The van der Waals surface area contributed by atoms with Gasteiger partial charge >= 0.3 is 0 Å². The van der Waals surface area contributed by atoms with Crippen molar-refractivity contribution >= 4 is 27.0 Å². The van der Waals surface area contributed by atoms with E-state index in [1.807, 2.05) is 18.2 Å². The summed E-state index contributed by atoms with van der Waals surface area (Å²) in [6, 6.07) is 5.68. The molecule has 2 aromatic heterocycles. The van der Waals surface area contributed by atoms with Crippen LogP contribution in [0.3, 0.4) is 0 Å². The number of oxazole rings is 1. The second-order valence-corrected chi connectivity index (χ2v) is 6.04. The zero-order valence-electron chi connectivity index (χ0n) is 11.1. The Labute approximate surface area is 129 Å². The van der Waals surface area contributed by atoms with Crippen LogP contribution in [-0.4, -0.2) is 21.6 Å². The van der Waals surface area contributed by atoms with Crippen LogP contribution in [0, 0.1) is 5.92 Å². The number of hydrogen-bond acceptors (Lipinski definition) is 5. The summed E-state index contributed by atoms with van der Waals surface area (Å²) in [6.45, 7) is 0.780. The SMILES string of the molecule is Brc1cnc(-c2nc3ccc(OCC4CC4)cc3o2)nc1. The lowest BCUT2D eigenvalue weighted by molar-refractivity contribution is 0.300. The molecule has 0 bridgehead atoms. The molecule has 6 heteroatoms. The van der Waals surface area contributed by atoms with Gasteiger partial charge in [0.15, 0.2) is 5.58 Å². The highest BCUT2D eigenvalue weighted by Crippen LogP contribution is 2.31. The van der Waals surface area contributed by atoms with E-state index in [1.54, 1.807) is 12.4 Å². The van der Waals surface area contributed by atoms with Crippen LogP contribution in [0.4, 0.5) is 0 Å². The molecule has 4 rings (SSSR count). The highest BCUT2D eigenvalue weighted by Gasteiger charge is 2.22. The van der Waals surface area contributed by atoms with Gasteiger partial charge in [-0.3, -0.25) is 0 Å². The molecular weight excluding hydrogens is 334 g/mol. The smallest absolute Gasteiger partial charge is 0.266 e. The molecule has 21 heavy (non-hydrogen) atoms. The molecule has 0 saturated heterocycles. The van der Waals surface area contributed by atoms with Gasteiger partial charge in [-0.1, -0.05) is 0 Å². The van der Waals surface area contributed by atoms with E-state index in [1.165, 1.54) is 12.8 Å². The first-order valence-corrected chi connectivity index (χ1v) is 7.58.